The average Bonchev–Trinajstić information content (AvgIpc) is 2.31. The van der Waals surface area contributed by atoms with E-state index >= 15 is 0 Å². The summed E-state index contributed by atoms with van der Waals surface area (Å²) in [5, 5.41) is -0.172. The first-order valence-electron chi connectivity index (χ1n) is 5.65. The lowest BCUT2D eigenvalue weighted by molar-refractivity contribution is 0.601. The topological polar surface area (TPSA) is 94.2 Å². The van der Waals surface area contributed by atoms with Crippen molar-refractivity contribution >= 4 is 44.6 Å². The molecule has 2 aromatic rings. The quantitative estimate of drug-likeness (QED) is 0.831. The van der Waals surface area contributed by atoms with E-state index in [4.69, 9.17) is 28.9 Å². The summed E-state index contributed by atoms with van der Waals surface area (Å²) in [6, 6.07) is 5.18. The number of sulfonamides is 1. The molecule has 1 aromatic carbocycles. The van der Waals surface area contributed by atoms with Crippen molar-refractivity contribution in [1.82, 2.24) is 4.57 Å². The average molecular weight is 348 g/mol. The summed E-state index contributed by atoms with van der Waals surface area (Å²) in [6.07, 6.45) is 1.35. The highest BCUT2D eigenvalue weighted by Gasteiger charge is 2.22. The van der Waals surface area contributed by atoms with Crippen molar-refractivity contribution in [2.24, 2.45) is 7.05 Å². The molecule has 0 bridgehead atoms. The van der Waals surface area contributed by atoms with Gasteiger partial charge in [0.2, 0.25) is 5.56 Å². The molecule has 0 aliphatic carbocycles. The standard InChI is InChI=1S/C12H11Cl2N3O3S/c1-17-6-8(2-3-11(17)18)16-21(19,20)12-9(13)4-7(15)5-10(12)14/h2-6,16H,15H2,1H3. The van der Waals surface area contributed by atoms with Crippen LogP contribution in [-0.2, 0) is 17.1 Å². The summed E-state index contributed by atoms with van der Waals surface area (Å²) in [5.74, 6) is 0. The molecule has 1 aromatic heterocycles. The summed E-state index contributed by atoms with van der Waals surface area (Å²) >= 11 is 11.8. The number of anilines is 2. The number of pyridine rings is 1. The van der Waals surface area contributed by atoms with Crippen molar-refractivity contribution in [3.8, 4) is 0 Å². The van der Waals surface area contributed by atoms with Crippen LogP contribution in [0.15, 0.2) is 40.2 Å². The number of nitrogen functional groups attached to an aromatic ring is 1. The minimum absolute atomic E-state index is 0.0858. The molecule has 0 fully saturated rings. The highest BCUT2D eigenvalue weighted by atomic mass is 35.5. The van der Waals surface area contributed by atoms with Crippen LogP contribution in [0, 0.1) is 0 Å². The van der Waals surface area contributed by atoms with E-state index in [2.05, 4.69) is 4.72 Å². The number of rotatable bonds is 3. The van der Waals surface area contributed by atoms with Crippen LogP contribution in [0.3, 0.4) is 0 Å². The van der Waals surface area contributed by atoms with Crippen molar-refractivity contribution in [3.63, 3.8) is 0 Å². The van der Waals surface area contributed by atoms with Crippen LogP contribution in [0.4, 0.5) is 11.4 Å². The molecule has 0 saturated heterocycles. The fourth-order valence-electron chi connectivity index (χ4n) is 1.70. The van der Waals surface area contributed by atoms with E-state index in [0.717, 1.165) is 0 Å². The van der Waals surface area contributed by atoms with Crippen LogP contribution in [0.2, 0.25) is 10.0 Å². The Balaban J connectivity index is 2.48. The first-order valence-corrected chi connectivity index (χ1v) is 7.88. The number of halogens is 2. The van der Waals surface area contributed by atoms with Gasteiger partial charge in [-0.2, -0.15) is 0 Å². The normalized spacial score (nSPS) is 11.4. The third-order valence-electron chi connectivity index (χ3n) is 2.63. The number of hydrogen-bond donors (Lipinski definition) is 2. The number of nitrogens with two attached hydrogens (primary N) is 1. The smallest absolute Gasteiger partial charge is 0.264 e. The molecule has 2 rings (SSSR count). The lowest BCUT2D eigenvalue weighted by Gasteiger charge is -2.12. The fourth-order valence-corrected chi connectivity index (χ4v) is 3.97. The molecule has 0 aliphatic rings. The summed E-state index contributed by atoms with van der Waals surface area (Å²) in [5.41, 5.74) is 5.74. The Labute approximate surface area is 131 Å². The van der Waals surface area contributed by atoms with E-state index in [0.29, 0.717) is 0 Å². The van der Waals surface area contributed by atoms with Gasteiger partial charge in [0.1, 0.15) is 4.90 Å². The Kier molecular flexibility index (Phi) is 4.18. The minimum atomic E-state index is -4.01. The SMILES string of the molecule is Cn1cc(NS(=O)(=O)c2c(Cl)cc(N)cc2Cl)ccc1=O. The molecule has 6 nitrogen and oxygen atoms in total. The van der Waals surface area contributed by atoms with Gasteiger partial charge in [-0.3, -0.25) is 9.52 Å². The Morgan fingerprint density at radius 3 is 2.29 bits per heavy atom. The number of nitrogens with one attached hydrogen (secondary N) is 1. The molecule has 3 N–H and O–H groups in total. The molecule has 0 spiro atoms. The Morgan fingerprint density at radius 1 is 1.19 bits per heavy atom. The largest absolute Gasteiger partial charge is 0.399 e. The molecule has 0 amide bonds. The first kappa shape index (κ1) is 15.7. The van der Waals surface area contributed by atoms with Crippen molar-refractivity contribution in [3.05, 3.63) is 50.9 Å². The Hall–Kier alpha value is -1.70. The molecule has 0 radical (unpaired) electrons. The lowest BCUT2D eigenvalue weighted by Crippen LogP contribution is -2.18. The molecule has 0 unspecified atom stereocenters. The predicted molar refractivity (Wildman–Crippen MR) is 83.4 cm³/mol. The van der Waals surface area contributed by atoms with Crippen LogP contribution >= 0.6 is 23.2 Å². The van der Waals surface area contributed by atoms with Crippen LogP contribution < -0.4 is 16.0 Å². The van der Waals surface area contributed by atoms with Gasteiger partial charge < -0.3 is 10.3 Å². The molecule has 0 saturated carbocycles. The van der Waals surface area contributed by atoms with E-state index in [1.165, 1.54) is 42.1 Å². The maximum atomic E-state index is 12.3. The molecule has 0 atom stereocenters. The van der Waals surface area contributed by atoms with Crippen LogP contribution in [0.5, 0.6) is 0 Å². The van der Waals surface area contributed by atoms with Crippen LogP contribution in [-0.4, -0.2) is 13.0 Å². The summed E-state index contributed by atoms with van der Waals surface area (Å²) < 4.78 is 28.2. The highest BCUT2D eigenvalue weighted by Crippen LogP contribution is 2.32. The van der Waals surface area contributed by atoms with Crippen molar-refractivity contribution in [2.45, 2.75) is 4.90 Å². The van der Waals surface area contributed by atoms with E-state index < -0.39 is 10.0 Å². The van der Waals surface area contributed by atoms with Gasteiger partial charge in [0.15, 0.2) is 0 Å². The lowest BCUT2D eigenvalue weighted by atomic mass is 10.3. The van der Waals surface area contributed by atoms with Gasteiger partial charge in [-0.15, -0.1) is 0 Å². The zero-order chi connectivity index (χ0) is 15.8. The van der Waals surface area contributed by atoms with Crippen molar-refractivity contribution < 1.29 is 8.42 Å². The monoisotopic (exact) mass is 347 g/mol. The zero-order valence-electron chi connectivity index (χ0n) is 10.8. The van der Waals surface area contributed by atoms with Gasteiger partial charge in [0, 0.05) is 25.0 Å². The van der Waals surface area contributed by atoms with Gasteiger partial charge in [-0.25, -0.2) is 8.42 Å². The van der Waals surface area contributed by atoms with Crippen molar-refractivity contribution in [2.75, 3.05) is 10.5 Å². The summed E-state index contributed by atoms with van der Waals surface area (Å²) in [7, 11) is -2.50. The third kappa shape index (κ3) is 3.31. The number of hydrogen-bond acceptors (Lipinski definition) is 4. The molecule has 21 heavy (non-hydrogen) atoms. The number of aryl methyl sites for hydroxylation is 1. The molecule has 9 heteroatoms. The Morgan fingerprint density at radius 2 is 1.76 bits per heavy atom. The van der Waals surface area contributed by atoms with E-state index in [-0.39, 0.29) is 31.9 Å². The first-order chi connectivity index (χ1) is 9.70. The molecule has 0 aliphatic heterocycles. The number of nitrogens with zero attached hydrogens (tertiary/aromatic N) is 1. The highest BCUT2D eigenvalue weighted by molar-refractivity contribution is 7.93. The van der Waals surface area contributed by atoms with Gasteiger partial charge in [0.25, 0.3) is 10.0 Å². The third-order valence-corrected chi connectivity index (χ3v) is 4.93. The predicted octanol–water partition coefficient (Wildman–Crippen LogP) is 2.08. The molecular weight excluding hydrogens is 337 g/mol. The van der Waals surface area contributed by atoms with Crippen LogP contribution in [0.25, 0.3) is 0 Å². The summed E-state index contributed by atoms with van der Waals surface area (Å²) in [4.78, 5) is 11.0. The second kappa shape index (κ2) is 5.59. The second-order valence-corrected chi connectivity index (χ2v) is 6.72. The molecular formula is C12H11Cl2N3O3S. The fraction of sp³-hybridized carbons (Fsp3) is 0.0833. The van der Waals surface area contributed by atoms with Gasteiger partial charge in [-0.1, -0.05) is 23.2 Å². The van der Waals surface area contributed by atoms with Gasteiger partial charge in [-0.05, 0) is 18.2 Å². The maximum Gasteiger partial charge on any atom is 0.264 e. The molecule has 112 valence electrons. The van der Waals surface area contributed by atoms with E-state index in [1.54, 1.807) is 0 Å². The second-order valence-electron chi connectivity index (χ2n) is 4.29. The van der Waals surface area contributed by atoms with Crippen LogP contribution in [0.1, 0.15) is 0 Å². The number of benzene rings is 1. The maximum absolute atomic E-state index is 12.3. The van der Waals surface area contributed by atoms with E-state index in [9.17, 15) is 13.2 Å². The van der Waals surface area contributed by atoms with E-state index in [1.807, 2.05) is 0 Å². The zero-order valence-corrected chi connectivity index (χ0v) is 13.1. The number of aromatic nitrogens is 1. The van der Waals surface area contributed by atoms with Gasteiger partial charge in [0.05, 0.1) is 15.7 Å². The molecule has 1 heterocycles. The van der Waals surface area contributed by atoms with Gasteiger partial charge >= 0.3 is 0 Å². The van der Waals surface area contributed by atoms with Crippen molar-refractivity contribution in [1.29, 1.82) is 0 Å². The minimum Gasteiger partial charge on any atom is -0.399 e. The Bertz CT molecular complexity index is 839. The summed E-state index contributed by atoms with van der Waals surface area (Å²) in [6.45, 7) is 0.